The van der Waals surface area contributed by atoms with Crippen LogP contribution in [-0.2, 0) is 0 Å². The SMILES string of the molecule is CC(=O)n1cc([C@@H](N)CC(C)C)c2ccccc21.Cl. The van der Waals surface area contributed by atoms with Crippen LogP contribution in [0.1, 0.15) is 43.6 Å². The molecule has 2 aromatic rings. The second-order valence-corrected chi connectivity index (χ2v) is 5.23. The number of hydrogen-bond donors (Lipinski definition) is 1. The normalized spacial score (nSPS) is 12.5. The topological polar surface area (TPSA) is 48.0 Å². The second kappa shape index (κ2) is 6.22. The van der Waals surface area contributed by atoms with E-state index >= 15 is 0 Å². The highest BCUT2D eigenvalue weighted by Gasteiger charge is 2.16. The number of nitrogens with zero attached hydrogens (tertiary/aromatic N) is 1. The molecule has 4 heteroatoms. The highest BCUT2D eigenvalue weighted by atomic mass is 35.5. The van der Waals surface area contributed by atoms with Crippen LogP contribution in [0.5, 0.6) is 0 Å². The lowest BCUT2D eigenvalue weighted by Crippen LogP contribution is -2.12. The van der Waals surface area contributed by atoms with Gasteiger partial charge < -0.3 is 5.73 Å². The van der Waals surface area contributed by atoms with Gasteiger partial charge in [0.15, 0.2) is 0 Å². The average molecular weight is 281 g/mol. The van der Waals surface area contributed by atoms with Crippen molar-refractivity contribution in [2.75, 3.05) is 0 Å². The van der Waals surface area contributed by atoms with E-state index < -0.39 is 0 Å². The first-order valence-corrected chi connectivity index (χ1v) is 6.37. The molecule has 0 aliphatic carbocycles. The summed E-state index contributed by atoms with van der Waals surface area (Å²) in [7, 11) is 0. The highest BCUT2D eigenvalue weighted by Crippen LogP contribution is 2.28. The van der Waals surface area contributed by atoms with Gasteiger partial charge in [-0.3, -0.25) is 9.36 Å². The van der Waals surface area contributed by atoms with Gasteiger partial charge in [-0.05, 0) is 24.0 Å². The van der Waals surface area contributed by atoms with Gasteiger partial charge in [0.2, 0.25) is 5.91 Å². The van der Waals surface area contributed by atoms with Crippen molar-refractivity contribution in [3.63, 3.8) is 0 Å². The Morgan fingerprint density at radius 3 is 2.53 bits per heavy atom. The Bertz CT molecular complexity index is 575. The number of para-hydroxylation sites is 1. The molecule has 0 spiro atoms. The molecule has 0 bridgehead atoms. The van der Waals surface area contributed by atoms with Crippen LogP contribution in [0.4, 0.5) is 0 Å². The predicted octanol–water partition coefficient (Wildman–Crippen LogP) is 3.77. The maximum atomic E-state index is 11.6. The Morgan fingerprint density at radius 2 is 1.95 bits per heavy atom. The lowest BCUT2D eigenvalue weighted by atomic mass is 9.97. The number of aromatic nitrogens is 1. The molecule has 0 aliphatic rings. The Kier molecular flexibility index (Phi) is 5.15. The zero-order chi connectivity index (χ0) is 13.3. The fraction of sp³-hybridized carbons (Fsp3) is 0.400. The van der Waals surface area contributed by atoms with Gasteiger partial charge >= 0.3 is 0 Å². The van der Waals surface area contributed by atoms with Gasteiger partial charge in [-0.1, -0.05) is 32.0 Å². The molecule has 2 N–H and O–H groups in total. The van der Waals surface area contributed by atoms with Crippen LogP contribution in [0.3, 0.4) is 0 Å². The van der Waals surface area contributed by atoms with Gasteiger partial charge in [0.25, 0.3) is 0 Å². The molecule has 0 fully saturated rings. The molecule has 3 nitrogen and oxygen atoms in total. The zero-order valence-electron chi connectivity index (χ0n) is 11.6. The molecule has 0 radical (unpaired) electrons. The van der Waals surface area contributed by atoms with Gasteiger partial charge in [0, 0.05) is 24.5 Å². The van der Waals surface area contributed by atoms with Gasteiger partial charge in [0.1, 0.15) is 0 Å². The number of carbonyl (C=O) groups is 1. The van der Waals surface area contributed by atoms with Crippen molar-refractivity contribution < 1.29 is 4.79 Å². The van der Waals surface area contributed by atoms with E-state index in [2.05, 4.69) is 13.8 Å². The van der Waals surface area contributed by atoms with E-state index in [0.717, 1.165) is 22.9 Å². The van der Waals surface area contributed by atoms with Crippen molar-refractivity contribution >= 4 is 29.2 Å². The summed E-state index contributed by atoms with van der Waals surface area (Å²) < 4.78 is 1.69. The number of fused-ring (bicyclic) bond motifs is 1. The molecular formula is C15H21ClN2O. The summed E-state index contributed by atoms with van der Waals surface area (Å²) in [5, 5.41) is 1.08. The molecule has 0 aliphatic heterocycles. The first-order valence-electron chi connectivity index (χ1n) is 6.37. The molecule has 2 rings (SSSR count). The second-order valence-electron chi connectivity index (χ2n) is 5.23. The summed E-state index contributed by atoms with van der Waals surface area (Å²) in [6, 6.07) is 7.90. The highest BCUT2D eigenvalue weighted by molar-refractivity contribution is 5.93. The maximum Gasteiger partial charge on any atom is 0.227 e. The largest absolute Gasteiger partial charge is 0.324 e. The smallest absolute Gasteiger partial charge is 0.227 e. The van der Waals surface area contributed by atoms with E-state index in [1.54, 1.807) is 11.5 Å². The lowest BCUT2D eigenvalue weighted by molar-refractivity contribution is 0.0941. The zero-order valence-corrected chi connectivity index (χ0v) is 12.4. The summed E-state index contributed by atoms with van der Waals surface area (Å²) >= 11 is 0. The van der Waals surface area contributed by atoms with Crippen LogP contribution in [0, 0.1) is 5.92 Å². The minimum Gasteiger partial charge on any atom is -0.324 e. The summed E-state index contributed by atoms with van der Waals surface area (Å²) in [4.78, 5) is 11.6. The van der Waals surface area contributed by atoms with Gasteiger partial charge in [-0.2, -0.15) is 0 Å². The van der Waals surface area contributed by atoms with Crippen LogP contribution in [0.15, 0.2) is 30.5 Å². The molecule has 0 saturated heterocycles. The van der Waals surface area contributed by atoms with Crippen molar-refractivity contribution in [2.24, 2.45) is 11.7 Å². The van der Waals surface area contributed by atoms with Crippen LogP contribution in [0.25, 0.3) is 10.9 Å². The first-order chi connectivity index (χ1) is 8.50. The van der Waals surface area contributed by atoms with E-state index in [4.69, 9.17) is 5.73 Å². The van der Waals surface area contributed by atoms with Crippen LogP contribution >= 0.6 is 12.4 Å². The van der Waals surface area contributed by atoms with E-state index in [-0.39, 0.29) is 24.4 Å². The monoisotopic (exact) mass is 280 g/mol. The standard InChI is InChI=1S/C15H20N2O.ClH/c1-10(2)8-14(16)13-9-17(11(3)18)15-7-5-4-6-12(13)15;/h4-7,9-10,14H,8,16H2,1-3H3;1H/t14-;/m0./s1. The van der Waals surface area contributed by atoms with Gasteiger partial charge in [0.05, 0.1) is 5.52 Å². The minimum atomic E-state index is -0.0181. The van der Waals surface area contributed by atoms with Crippen molar-refractivity contribution in [1.82, 2.24) is 4.57 Å². The fourth-order valence-electron chi connectivity index (χ4n) is 2.40. The molecule has 1 atom stereocenters. The van der Waals surface area contributed by atoms with Gasteiger partial charge in [-0.25, -0.2) is 0 Å². The molecule has 0 unspecified atom stereocenters. The lowest BCUT2D eigenvalue weighted by Gasteiger charge is -2.13. The van der Waals surface area contributed by atoms with Crippen molar-refractivity contribution in [3.05, 3.63) is 36.0 Å². The molecule has 1 aromatic carbocycles. The summed E-state index contributed by atoms with van der Waals surface area (Å²) in [6.45, 7) is 5.89. The number of benzene rings is 1. The summed E-state index contributed by atoms with van der Waals surface area (Å²) in [5.74, 6) is 0.564. The van der Waals surface area contributed by atoms with Gasteiger partial charge in [-0.15, -0.1) is 12.4 Å². The third-order valence-electron chi connectivity index (χ3n) is 3.21. The van der Waals surface area contributed by atoms with Crippen molar-refractivity contribution in [3.8, 4) is 0 Å². The molecule has 19 heavy (non-hydrogen) atoms. The average Bonchev–Trinajstić information content (AvgIpc) is 2.67. The Morgan fingerprint density at radius 1 is 1.32 bits per heavy atom. The molecule has 0 saturated carbocycles. The number of rotatable bonds is 3. The van der Waals surface area contributed by atoms with E-state index in [1.165, 1.54) is 0 Å². The van der Waals surface area contributed by atoms with Crippen LogP contribution in [0.2, 0.25) is 0 Å². The number of nitrogens with two attached hydrogens (primary N) is 1. The Hall–Kier alpha value is -1.32. The first kappa shape index (κ1) is 15.7. The Balaban J connectivity index is 0.00000180. The molecular weight excluding hydrogens is 260 g/mol. The predicted molar refractivity (Wildman–Crippen MR) is 81.9 cm³/mol. The Labute approximate surface area is 120 Å². The van der Waals surface area contributed by atoms with Crippen LogP contribution in [-0.4, -0.2) is 10.5 Å². The van der Waals surface area contributed by atoms with E-state index in [1.807, 2.05) is 30.5 Å². The van der Waals surface area contributed by atoms with Crippen molar-refractivity contribution in [1.29, 1.82) is 0 Å². The number of halogens is 1. The summed E-state index contributed by atoms with van der Waals surface area (Å²) in [6.07, 6.45) is 2.81. The third-order valence-corrected chi connectivity index (χ3v) is 3.21. The third kappa shape index (κ3) is 3.17. The van der Waals surface area contributed by atoms with Crippen LogP contribution < -0.4 is 5.73 Å². The molecule has 104 valence electrons. The minimum absolute atomic E-state index is 0. The molecule has 0 amide bonds. The summed E-state index contributed by atoms with van der Waals surface area (Å²) in [5.41, 5.74) is 8.26. The molecule has 1 heterocycles. The quantitative estimate of drug-likeness (QED) is 0.930. The number of hydrogen-bond acceptors (Lipinski definition) is 2. The maximum absolute atomic E-state index is 11.6. The van der Waals surface area contributed by atoms with E-state index in [9.17, 15) is 4.79 Å². The number of carbonyl (C=O) groups excluding carboxylic acids is 1. The molecule has 1 aromatic heterocycles. The van der Waals surface area contributed by atoms with E-state index in [0.29, 0.717) is 5.92 Å². The van der Waals surface area contributed by atoms with Crippen molar-refractivity contribution in [2.45, 2.75) is 33.2 Å². The fourth-order valence-corrected chi connectivity index (χ4v) is 2.40.